The van der Waals surface area contributed by atoms with Gasteiger partial charge in [-0.25, -0.2) is 18.1 Å². The molecule has 118 valence electrons. The van der Waals surface area contributed by atoms with E-state index in [9.17, 15) is 18.3 Å². The maximum Gasteiger partial charge on any atom is 0.306 e. The van der Waals surface area contributed by atoms with Gasteiger partial charge in [0.15, 0.2) is 5.03 Å². The number of carbonyl (C=O) groups is 1. The Morgan fingerprint density at radius 3 is 2.81 bits per heavy atom. The highest BCUT2D eigenvalue weighted by atomic mass is 32.2. The number of hydrogen-bond acceptors (Lipinski definition) is 4. The number of nitrogens with one attached hydrogen (secondary N) is 2. The predicted octanol–water partition coefficient (Wildman–Crippen LogP) is 1.14. The maximum absolute atomic E-state index is 12.2. The van der Waals surface area contributed by atoms with Gasteiger partial charge in [-0.2, -0.15) is 0 Å². The smallest absolute Gasteiger partial charge is 0.306 e. The molecule has 1 fully saturated rings. The number of aromatic amines is 1. The summed E-state index contributed by atoms with van der Waals surface area (Å²) in [6.07, 6.45) is 5.10. The molecular weight excluding hydrogens is 294 g/mol. The highest BCUT2D eigenvalue weighted by Crippen LogP contribution is 2.30. The molecule has 1 aromatic rings. The molecule has 0 aromatic carbocycles. The third kappa shape index (κ3) is 3.82. The van der Waals surface area contributed by atoms with Gasteiger partial charge in [-0.3, -0.25) is 4.79 Å². The molecular formula is C13H21N3O4S. The molecule has 1 aromatic heterocycles. The summed E-state index contributed by atoms with van der Waals surface area (Å²) < 4.78 is 26.8. The largest absolute Gasteiger partial charge is 0.481 e. The van der Waals surface area contributed by atoms with E-state index >= 15 is 0 Å². The van der Waals surface area contributed by atoms with E-state index in [4.69, 9.17) is 0 Å². The second-order valence-corrected chi connectivity index (χ2v) is 7.12. The minimum atomic E-state index is -3.66. The van der Waals surface area contributed by atoms with E-state index in [1.54, 1.807) is 0 Å². The third-order valence-corrected chi connectivity index (χ3v) is 5.32. The number of carboxylic acid groups (broad SMARTS) is 1. The fourth-order valence-corrected chi connectivity index (χ4v) is 3.76. The first-order chi connectivity index (χ1) is 9.94. The zero-order valence-corrected chi connectivity index (χ0v) is 12.8. The van der Waals surface area contributed by atoms with Crippen LogP contribution in [0.25, 0.3) is 0 Å². The van der Waals surface area contributed by atoms with E-state index in [2.05, 4.69) is 14.7 Å². The Morgan fingerprint density at radius 1 is 1.48 bits per heavy atom. The lowest BCUT2D eigenvalue weighted by Gasteiger charge is -2.28. The van der Waals surface area contributed by atoms with Gasteiger partial charge in [0.05, 0.1) is 12.1 Å². The molecule has 1 saturated carbocycles. The highest BCUT2D eigenvalue weighted by molar-refractivity contribution is 7.89. The van der Waals surface area contributed by atoms with Crippen molar-refractivity contribution in [3.8, 4) is 0 Å². The molecule has 1 heterocycles. The fraction of sp³-hybridized carbons (Fsp3) is 0.692. The molecule has 3 N–H and O–H groups in total. The Morgan fingerprint density at radius 2 is 2.19 bits per heavy atom. The van der Waals surface area contributed by atoms with Crippen LogP contribution < -0.4 is 4.72 Å². The van der Waals surface area contributed by atoms with Crippen molar-refractivity contribution in [2.24, 2.45) is 11.8 Å². The molecule has 8 heteroatoms. The third-order valence-electron chi connectivity index (χ3n) is 3.99. The molecule has 0 amide bonds. The number of aromatic nitrogens is 2. The Kier molecular flexibility index (Phi) is 5.00. The second kappa shape index (κ2) is 6.57. The summed E-state index contributed by atoms with van der Waals surface area (Å²) in [7, 11) is -3.66. The van der Waals surface area contributed by atoms with Crippen LogP contribution in [0.2, 0.25) is 0 Å². The summed E-state index contributed by atoms with van der Waals surface area (Å²) in [6.45, 7) is 2.03. The van der Waals surface area contributed by atoms with Crippen LogP contribution in [0.1, 0.15) is 38.4 Å². The van der Waals surface area contributed by atoms with Crippen molar-refractivity contribution in [1.82, 2.24) is 14.7 Å². The summed E-state index contributed by atoms with van der Waals surface area (Å²) in [6, 6.07) is 0. The Bertz CT molecular complexity index is 596. The molecule has 0 saturated heterocycles. The summed E-state index contributed by atoms with van der Waals surface area (Å²) in [5, 5.41) is 9.23. The van der Waals surface area contributed by atoms with Gasteiger partial charge in [-0.05, 0) is 18.8 Å². The zero-order valence-electron chi connectivity index (χ0n) is 12.0. The number of carboxylic acids is 1. The molecule has 2 atom stereocenters. The SMILES string of the molecule is CCc1ncc(S(=O)(=O)NCC2CCCCC2C(=O)O)[nH]1. The summed E-state index contributed by atoms with van der Waals surface area (Å²) in [5.74, 6) is -0.848. The number of nitrogens with zero attached hydrogens (tertiary/aromatic N) is 1. The van der Waals surface area contributed by atoms with Crippen LogP contribution in [0.15, 0.2) is 11.2 Å². The van der Waals surface area contributed by atoms with Gasteiger partial charge >= 0.3 is 5.97 Å². The lowest BCUT2D eigenvalue weighted by molar-refractivity contribution is -0.144. The van der Waals surface area contributed by atoms with Gasteiger partial charge in [0, 0.05) is 13.0 Å². The average Bonchev–Trinajstić information content (AvgIpc) is 2.95. The van der Waals surface area contributed by atoms with Gasteiger partial charge in [0.1, 0.15) is 5.82 Å². The van der Waals surface area contributed by atoms with Gasteiger partial charge in [0.2, 0.25) is 0 Å². The van der Waals surface area contributed by atoms with Crippen molar-refractivity contribution in [3.63, 3.8) is 0 Å². The van der Waals surface area contributed by atoms with Gasteiger partial charge in [0.25, 0.3) is 10.0 Å². The highest BCUT2D eigenvalue weighted by Gasteiger charge is 2.31. The van der Waals surface area contributed by atoms with Crippen LogP contribution in [-0.4, -0.2) is 36.0 Å². The van der Waals surface area contributed by atoms with Crippen LogP contribution in [0.5, 0.6) is 0 Å². The molecule has 0 bridgehead atoms. The van der Waals surface area contributed by atoms with Gasteiger partial charge in [-0.1, -0.05) is 19.8 Å². The molecule has 0 radical (unpaired) electrons. The maximum atomic E-state index is 12.2. The fourth-order valence-electron chi connectivity index (χ4n) is 2.73. The van der Waals surface area contributed by atoms with Crippen LogP contribution in [0, 0.1) is 11.8 Å². The first-order valence-corrected chi connectivity index (χ1v) is 8.68. The number of aliphatic carboxylic acids is 1. The van der Waals surface area contributed by atoms with Crippen molar-refractivity contribution in [3.05, 3.63) is 12.0 Å². The Labute approximate surface area is 124 Å². The second-order valence-electron chi connectivity index (χ2n) is 5.39. The van der Waals surface area contributed by atoms with Crippen molar-refractivity contribution in [2.75, 3.05) is 6.54 Å². The lowest BCUT2D eigenvalue weighted by Crippen LogP contribution is -2.37. The first-order valence-electron chi connectivity index (χ1n) is 7.20. The van der Waals surface area contributed by atoms with E-state index in [1.807, 2.05) is 6.92 Å². The van der Waals surface area contributed by atoms with Crippen molar-refractivity contribution in [1.29, 1.82) is 0 Å². The number of H-pyrrole nitrogens is 1. The molecule has 0 aliphatic heterocycles. The van der Waals surface area contributed by atoms with Crippen LogP contribution in [0.4, 0.5) is 0 Å². The van der Waals surface area contributed by atoms with Gasteiger partial charge in [-0.15, -0.1) is 0 Å². The van der Waals surface area contributed by atoms with Crippen molar-refractivity contribution < 1.29 is 18.3 Å². The monoisotopic (exact) mass is 315 g/mol. The summed E-state index contributed by atoms with van der Waals surface area (Å²) in [4.78, 5) is 17.9. The van der Waals surface area contributed by atoms with Crippen molar-refractivity contribution >= 4 is 16.0 Å². The van der Waals surface area contributed by atoms with Crippen molar-refractivity contribution in [2.45, 2.75) is 44.1 Å². The quantitative estimate of drug-likeness (QED) is 0.729. The van der Waals surface area contributed by atoms with E-state index in [0.29, 0.717) is 18.7 Å². The van der Waals surface area contributed by atoms with Crippen LogP contribution >= 0.6 is 0 Å². The number of sulfonamides is 1. The van der Waals surface area contributed by atoms with Crippen LogP contribution in [0.3, 0.4) is 0 Å². The number of aryl methyl sites for hydroxylation is 1. The molecule has 21 heavy (non-hydrogen) atoms. The number of imidazole rings is 1. The summed E-state index contributed by atoms with van der Waals surface area (Å²) >= 11 is 0. The molecule has 1 aliphatic rings. The first kappa shape index (κ1) is 16.0. The topological polar surface area (TPSA) is 112 Å². The zero-order chi connectivity index (χ0) is 15.5. The summed E-state index contributed by atoms with van der Waals surface area (Å²) in [5.41, 5.74) is 0. The molecule has 7 nitrogen and oxygen atoms in total. The Balaban J connectivity index is 2.01. The minimum absolute atomic E-state index is 0.0297. The number of rotatable bonds is 6. The predicted molar refractivity (Wildman–Crippen MR) is 76.2 cm³/mol. The lowest BCUT2D eigenvalue weighted by atomic mass is 9.79. The number of hydrogen-bond donors (Lipinski definition) is 3. The van der Waals surface area contributed by atoms with E-state index < -0.39 is 21.9 Å². The van der Waals surface area contributed by atoms with E-state index in [1.165, 1.54) is 6.20 Å². The van der Waals surface area contributed by atoms with Crippen LogP contribution in [-0.2, 0) is 21.2 Å². The molecule has 2 rings (SSSR count). The normalized spacial score (nSPS) is 23.1. The van der Waals surface area contributed by atoms with E-state index in [-0.39, 0.29) is 17.5 Å². The molecule has 1 aliphatic carbocycles. The average molecular weight is 315 g/mol. The Hall–Kier alpha value is -1.41. The molecule has 0 spiro atoms. The minimum Gasteiger partial charge on any atom is -0.481 e. The molecule has 2 unspecified atom stereocenters. The van der Waals surface area contributed by atoms with Gasteiger partial charge < -0.3 is 10.1 Å². The van der Waals surface area contributed by atoms with E-state index in [0.717, 1.165) is 19.3 Å². The standard InChI is InChI=1S/C13H21N3O4S/c1-2-11-14-8-12(16-11)21(19,20)15-7-9-5-3-4-6-10(9)13(17)18/h8-10,15H,2-7H2,1H3,(H,14,16)(H,17,18).